The minimum Gasteiger partial charge on any atom is -0.494 e. The Morgan fingerprint density at radius 3 is 2.48 bits per heavy atom. The Morgan fingerprint density at radius 1 is 1.19 bits per heavy atom. The predicted molar refractivity (Wildman–Crippen MR) is 82.3 cm³/mol. The van der Waals surface area contributed by atoms with Gasteiger partial charge in [-0.1, -0.05) is 6.42 Å². The highest BCUT2D eigenvalue weighted by Crippen LogP contribution is 2.37. The first-order chi connectivity index (χ1) is 10.2. The summed E-state index contributed by atoms with van der Waals surface area (Å²) in [6, 6.07) is 7.03. The molecule has 1 aliphatic heterocycles. The van der Waals surface area contributed by atoms with Crippen LogP contribution in [-0.4, -0.2) is 37.0 Å². The van der Waals surface area contributed by atoms with Crippen LogP contribution in [0.1, 0.15) is 36.0 Å². The average Bonchev–Trinajstić information content (AvgIpc) is 3.05. The highest BCUT2D eigenvalue weighted by molar-refractivity contribution is 5.92. The Hall–Kier alpha value is -1.55. The first-order valence-corrected chi connectivity index (χ1v) is 7.97. The van der Waals surface area contributed by atoms with Crippen molar-refractivity contribution in [3.8, 4) is 5.75 Å². The summed E-state index contributed by atoms with van der Waals surface area (Å²) in [6.45, 7) is 4.43. The molecule has 2 atom stereocenters. The van der Waals surface area contributed by atoms with Crippen molar-refractivity contribution < 1.29 is 9.53 Å². The topological polar surface area (TPSA) is 55.6 Å². The average molecular weight is 288 g/mol. The number of primary amides is 1. The molecule has 3 rings (SSSR count). The van der Waals surface area contributed by atoms with Crippen LogP contribution in [0, 0.1) is 11.8 Å². The van der Waals surface area contributed by atoms with Gasteiger partial charge in [-0.05, 0) is 55.4 Å². The second kappa shape index (κ2) is 6.48. The van der Waals surface area contributed by atoms with Crippen molar-refractivity contribution in [1.29, 1.82) is 0 Å². The van der Waals surface area contributed by atoms with Crippen molar-refractivity contribution in [3.63, 3.8) is 0 Å². The van der Waals surface area contributed by atoms with Gasteiger partial charge in [0.2, 0.25) is 5.91 Å². The first-order valence-electron chi connectivity index (χ1n) is 7.97. The molecule has 1 aromatic rings. The zero-order chi connectivity index (χ0) is 14.7. The lowest BCUT2D eigenvalue weighted by molar-refractivity contribution is 0.100. The molecule has 1 amide bonds. The number of hydrogen-bond donors (Lipinski definition) is 1. The van der Waals surface area contributed by atoms with Gasteiger partial charge in [0.05, 0.1) is 6.61 Å². The standard InChI is InChI=1S/C17H24N2O2/c18-17(20)13-5-7-16(8-6-13)21-10-2-9-19-11-14-3-1-4-15(14)12-19/h5-8,14-15H,1-4,9-12H2,(H2,18,20)/t14-,15?/m1/s1. The number of nitrogens with zero attached hydrogens (tertiary/aromatic N) is 1. The monoisotopic (exact) mass is 288 g/mol. The molecule has 1 aliphatic carbocycles. The van der Waals surface area contributed by atoms with Gasteiger partial charge >= 0.3 is 0 Å². The fourth-order valence-electron chi connectivity index (χ4n) is 3.71. The summed E-state index contributed by atoms with van der Waals surface area (Å²) < 4.78 is 5.72. The third kappa shape index (κ3) is 3.56. The number of carbonyl (C=O) groups excluding carboxylic acids is 1. The minimum absolute atomic E-state index is 0.402. The van der Waals surface area contributed by atoms with E-state index in [4.69, 9.17) is 10.5 Å². The van der Waals surface area contributed by atoms with Gasteiger partial charge in [-0.3, -0.25) is 4.79 Å². The molecule has 0 aromatic heterocycles. The molecule has 1 unspecified atom stereocenters. The lowest BCUT2D eigenvalue weighted by atomic mass is 10.0. The van der Waals surface area contributed by atoms with Crippen LogP contribution in [0.15, 0.2) is 24.3 Å². The number of fused-ring (bicyclic) bond motifs is 1. The fourth-order valence-corrected chi connectivity index (χ4v) is 3.71. The Balaban J connectivity index is 1.36. The molecule has 4 nitrogen and oxygen atoms in total. The van der Waals surface area contributed by atoms with Crippen LogP contribution in [0.3, 0.4) is 0 Å². The van der Waals surface area contributed by atoms with E-state index in [1.807, 2.05) is 0 Å². The molecule has 2 fully saturated rings. The molecule has 1 saturated carbocycles. The normalized spacial score (nSPS) is 25.0. The summed E-state index contributed by atoms with van der Waals surface area (Å²) >= 11 is 0. The Morgan fingerprint density at radius 2 is 1.86 bits per heavy atom. The summed E-state index contributed by atoms with van der Waals surface area (Å²) in [5.74, 6) is 2.33. The molecule has 114 valence electrons. The van der Waals surface area contributed by atoms with E-state index >= 15 is 0 Å². The lowest BCUT2D eigenvalue weighted by Gasteiger charge is -2.16. The Bertz CT molecular complexity index is 474. The third-order valence-electron chi connectivity index (χ3n) is 4.83. The van der Waals surface area contributed by atoms with Gasteiger partial charge < -0.3 is 15.4 Å². The highest BCUT2D eigenvalue weighted by Gasteiger charge is 2.35. The van der Waals surface area contributed by atoms with Crippen LogP contribution in [0.25, 0.3) is 0 Å². The summed E-state index contributed by atoms with van der Waals surface area (Å²) in [5, 5.41) is 0. The molecule has 2 N–H and O–H groups in total. The maximum Gasteiger partial charge on any atom is 0.248 e. The van der Waals surface area contributed by atoms with Gasteiger partial charge in [0.1, 0.15) is 5.75 Å². The SMILES string of the molecule is NC(=O)c1ccc(OCCCN2CC3CCC[C@@H]3C2)cc1. The molecule has 1 saturated heterocycles. The molecule has 0 radical (unpaired) electrons. The number of hydrogen-bond acceptors (Lipinski definition) is 3. The molecule has 4 heteroatoms. The van der Waals surface area contributed by atoms with Crippen LogP contribution in [0.5, 0.6) is 5.75 Å². The van der Waals surface area contributed by atoms with Crippen LogP contribution >= 0.6 is 0 Å². The van der Waals surface area contributed by atoms with Gasteiger partial charge in [0.15, 0.2) is 0 Å². The van der Waals surface area contributed by atoms with E-state index in [0.717, 1.165) is 37.2 Å². The van der Waals surface area contributed by atoms with E-state index in [0.29, 0.717) is 5.56 Å². The Labute approximate surface area is 126 Å². The van der Waals surface area contributed by atoms with Crippen LogP contribution < -0.4 is 10.5 Å². The maximum absolute atomic E-state index is 11.0. The van der Waals surface area contributed by atoms with Crippen molar-refractivity contribution >= 4 is 5.91 Å². The number of benzene rings is 1. The molecule has 0 bridgehead atoms. The molecule has 2 aliphatic rings. The maximum atomic E-state index is 11.0. The minimum atomic E-state index is -0.402. The zero-order valence-electron chi connectivity index (χ0n) is 12.5. The second-order valence-electron chi connectivity index (χ2n) is 6.30. The van der Waals surface area contributed by atoms with Gasteiger partial charge in [-0.25, -0.2) is 0 Å². The first kappa shape index (κ1) is 14.4. The number of carbonyl (C=O) groups is 1. The van der Waals surface area contributed by atoms with Crippen molar-refractivity contribution in [1.82, 2.24) is 4.90 Å². The molecule has 21 heavy (non-hydrogen) atoms. The van der Waals surface area contributed by atoms with Crippen molar-refractivity contribution in [2.24, 2.45) is 17.6 Å². The zero-order valence-corrected chi connectivity index (χ0v) is 12.5. The molecule has 1 heterocycles. The van der Waals surface area contributed by atoms with Crippen molar-refractivity contribution in [2.75, 3.05) is 26.2 Å². The second-order valence-corrected chi connectivity index (χ2v) is 6.30. The summed E-state index contributed by atoms with van der Waals surface area (Å²) in [7, 11) is 0. The smallest absolute Gasteiger partial charge is 0.248 e. The Kier molecular flexibility index (Phi) is 4.44. The number of ether oxygens (including phenoxy) is 1. The van der Waals surface area contributed by atoms with E-state index in [1.165, 1.54) is 32.4 Å². The highest BCUT2D eigenvalue weighted by atomic mass is 16.5. The number of amides is 1. The van der Waals surface area contributed by atoms with E-state index in [9.17, 15) is 4.79 Å². The van der Waals surface area contributed by atoms with E-state index in [2.05, 4.69) is 4.90 Å². The molecular formula is C17H24N2O2. The predicted octanol–water partition coefficient (Wildman–Crippen LogP) is 2.29. The third-order valence-corrected chi connectivity index (χ3v) is 4.83. The van der Waals surface area contributed by atoms with Gasteiger partial charge in [0, 0.05) is 25.2 Å². The van der Waals surface area contributed by atoms with Crippen LogP contribution in [0.2, 0.25) is 0 Å². The molecule has 1 aromatic carbocycles. The number of rotatable bonds is 6. The van der Waals surface area contributed by atoms with Crippen molar-refractivity contribution in [3.05, 3.63) is 29.8 Å². The number of nitrogens with two attached hydrogens (primary N) is 1. The summed E-state index contributed by atoms with van der Waals surface area (Å²) in [5.41, 5.74) is 5.73. The lowest BCUT2D eigenvalue weighted by Crippen LogP contribution is -2.24. The van der Waals surface area contributed by atoms with Gasteiger partial charge in [-0.15, -0.1) is 0 Å². The fraction of sp³-hybridized carbons (Fsp3) is 0.588. The largest absolute Gasteiger partial charge is 0.494 e. The molecular weight excluding hydrogens is 264 g/mol. The number of likely N-dealkylation sites (tertiary alicyclic amines) is 1. The van der Waals surface area contributed by atoms with E-state index < -0.39 is 5.91 Å². The van der Waals surface area contributed by atoms with E-state index in [-0.39, 0.29) is 0 Å². The van der Waals surface area contributed by atoms with Gasteiger partial charge in [0.25, 0.3) is 0 Å². The van der Waals surface area contributed by atoms with E-state index in [1.54, 1.807) is 24.3 Å². The van der Waals surface area contributed by atoms with Crippen LogP contribution in [0.4, 0.5) is 0 Å². The van der Waals surface area contributed by atoms with Crippen molar-refractivity contribution in [2.45, 2.75) is 25.7 Å². The van der Waals surface area contributed by atoms with Crippen LogP contribution in [-0.2, 0) is 0 Å². The summed E-state index contributed by atoms with van der Waals surface area (Å²) in [6.07, 6.45) is 5.36. The van der Waals surface area contributed by atoms with Gasteiger partial charge in [-0.2, -0.15) is 0 Å². The molecule has 0 spiro atoms. The summed E-state index contributed by atoms with van der Waals surface area (Å²) in [4.78, 5) is 13.6. The quantitative estimate of drug-likeness (QED) is 0.817.